The number of benzene rings is 1. The average Bonchev–Trinajstić information content (AvgIpc) is 2.90. The number of nitrogens with one attached hydrogen (secondary N) is 1. The largest absolute Gasteiger partial charge is 0.393 e. The van der Waals surface area contributed by atoms with Gasteiger partial charge < -0.3 is 5.11 Å². The molecule has 0 saturated heterocycles. The summed E-state index contributed by atoms with van der Waals surface area (Å²) in [7, 11) is -1.85. The van der Waals surface area contributed by atoms with Crippen LogP contribution in [0.4, 0.5) is 4.39 Å². The summed E-state index contributed by atoms with van der Waals surface area (Å²) in [5.74, 6) is -0.591. The van der Waals surface area contributed by atoms with E-state index in [1.165, 1.54) is 24.3 Å². The van der Waals surface area contributed by atoms with E-state index < -0.39 is 21.9 Å². The summed E-state index contributed by atoms with van der Waals surface area (Å²) in [6.45, 7) is 0. The second kappa shape index (κ2) is 6.62. The van der Waals surface area contributed by atoms with E-state index in [2.05, 4.69) is 9.82 Å². The number of hydrogen-bond donors (Lipinski definition) is 2. The fourth-order valence-corrected chi connectivity index (χ4v) is 4.40. The fraction of sp³-hybridized carbons (Fsp3) is 0.438. The maximum Gasteiger partial charge on any atom is 0.216 e. The molecule has 0 bridgehead atoms. The third kappa shape index (κ3) is 4.00. The van der Waals surface area contributed by atoms with Crippen molar-refractivity contribution in [3.05, 3.63) is 53.6 Å². The van der Waals surface area contributed by atoms with Gasteiger partial charge in [0.15, 0.2) is 0 Å². The summed E-state index contributed by atoms with van der Waals surface area (Å²) in [5.41, 5.74) is 1.29. The van der Waals surface area contributed by atoms with Crippen molar-refractivity contribution in [3.63, 3.8) is 0 Å². The Morgan fingerprint density at radius 1 is 1.38 bits per heavy atom. The first kappa shape index (κ1) is 17.1. The highest BCUT2D eigenvalue weighted by atomic mass is 32.2. The number of sulfonamides is 1. The molecule has 1 unspecified atom stereocenters. The molecule has 130 valence electrons. The van der Waals surface area contributed by atoms with E-state index in [0.717, 1.165) is 5.56 Å². The third-order valence-electron chi connectivity index (χ3n) is 4.28. The number of aromatic nitrogens is 2. The average molecular weight is 353 g/mol. The van der Waals surface area contributed by atoms with Gasteiger partial charge in [-0.05, 0) is 36.5 Å². The molecular formula is C16H20FN3O3S. The Bertz CT molecular complexity index is 798. The van der Waals surface area contributed by atoms with Gasteiger partial charge in [-0.2, -0.15) is 5.10 Å². The van der Waals surface area contributed by atoms with Crippen LogP contribution in [0.3, 0.4) is 0 Å². The number of aryl methyl sites for hydroxylation is 1. The van der Waals surface area contributed by atoms with Crippen LogP contribution in [0.25, 0.3) is 0 Å². The maximum atomic E-state index is 13.0. The van der Waals surface area contributed by atoms with Crippen molar-refractivity contribution in [2.24, 2.45) is 13.0 Å². The Hall–Kier alpha value is -1.77. The molecule has 3 rings (SSSR count). The third-order valence-corrected chi connectivity index (χ3v) is 5.61. The second-order valence-corrected chi connectivity index (χ2v) is 8.07. The van der Waals surface area contributed by atoms with Gasteiger partial charge in [-0.25, -0.2) is 17.5 Å². The number of aliphatic hydroxyl groups is 1. The van der Waals surface area contributed by atoms with Crippen LogP contribution in [0.15, 0.2) is 36.7 Å². The topological polar surface area (TPSA) is 84.2 Å². The number of nitrogens with zero attached hydrogens (tertiary/aromatic N) is 2. The predicted molar refractivity (Wildman–Crippen MR) is 86.8 cm³/mol. The second-order valence-electron chi connectivity index (χ2n) is 6.31. The van der Waals surface area contributed by atoms with Gasteiger partial charge in [-0.15, -0.1) is 0 Å². The van der Waals surface area contributed by atoms with Crippen molar-refractivity contribution >= 4 is 10.0 Å². The van der Waals surface area contributed by atoms with Crippen LogP contribution >= 0.6 is 0 Å². The quantitative estimate of drug-likeness (QED) is 0.824. The number of hydrogen-bond acceptors (Lipinski definition) is 4. The summed E-state index contributed by atoms with van der Waals surface area (Å²) >= 11 is 0. The Morgan fingerprint density at radius 3 is 2.58 bits per heavy atom. The van der Waals surface area contributed by atoms with E-state index in [1.54, 1.807) is 24.1 Å². The van der Waals surface area contributed by atoms with Crippen LogP contribution in [0.1, 0.15) is 30.0 Å². The number of aliphatic hydroxyl groups excluding tert-OH is 1. The molecule has 0 aliphatic heterocycles. The maximum absolute atomic E-state index is 13.0. The van der Waals surface area contributed by atoms with E-state index in [9.17, 15) is 17.9 Å². The minimum Gasteiger partial charge on any atom is -0.393 e. The van der Waals surface area contributed by atoms with Gasteiger partial charge in [0.25, 0.3) is 0 Å². The van der Waals surface area contributed by atoms with Gasteiger partial charge in [0.05, 0.1) is 24.1 Å². The molecule has 0 radical (unpaired) electrons. The molecule has 8 heteroatoms. The summed E-state index contributed by atoms with van der Waals surface area (Å²) in [6, 6.07) is 4.98. The van der Waals surface area contributed by atoms with Gasteiger partial charge in [0.1, 0.15) is 5.82 Å². The Morgan fingerprint density at radius 2 is 2.04 bits per heavy atom. The zero-order valence-electron chi connectivity index (χ0n) is 13.3. The van der Waals surface area contributed by atoms with Crippen LogP contribution in [-0.4, -0.2) is 29.4 Å². The molecule has 1 heterocycles. The number of halogens is 1. The SMILES string of the molecule is Cn1cc(C(NS(=O)(=O)Cc2ccc(F)cc2)C2CC(O)C2)cn1. The van der Waals surface area contributed by atoms with E-state index >= 15 is 0 Å². The van der Waals surface area contributed by atoms with E-state index in [0.29, 0.717) is 18.4 Å². The van der Waals surface area contributed by atoms with Crippen LogP contribution in [-0.2, 0) is 22.8 Å². The van der Waals surface area contributed by atoms with Gasteiger partial charge in [0.2, 0.25) is 10.0 Å². The van der Waals surface area contributed by atoms with Crippen molar-refractivity contribution < 1.29 is 17.9 Å². The van der Waals surface area contributed by atoms with Gasteiger partial charge in [0, 0.05) is 18.8 Å². The van der Waals surface area contributed by atoms with Crippen LogP contribution in [0, 0.1) is 11.7 Å². The van der Waals surface area contributed by atoms with E-state index in [-0.39, 0.29) is 17.8 Å². The van der Waals surface area contributed by atoms with Gasteiger partial charge >= 0.3 is 0 Å². The molecule has 1 atom stereocenters. The zero-order chi connectivity index (χ0) is 17.3. The molecule has 1 aromatic heterocycles. The summed E-state index contributed by atoms with van der Waals surface area (Å²) in [4.78, 5) is 0. The molecule has 1 fully saturated rings. The minimum atomic E-state index is -3.62. The highest BCUT2D eigenvalue weighted by Crippen LogP contribution is 2.38. The Labute approximate surface area is 140 Å². The van der Waals surface area contributed by atoms with Crippen LogP contribution in [0.2, 0.25) is 0 Å². The highest BCUT2D eigenvalue weighted by Gasteiger charge is 2.37. The standard InChI is InChI=1S/C16H20FN3O3S/c1-20-9-13(8-18-20)16(12-6-15(21)7-12)19-24(22,23)10-11-2-4-14(17)5-3-11/h2-5,8-9,12,15-16,19,21H,6-7,10H2,1H3. The lowest BCUT2D eigenvalue weighted by atomic mass is 9.76. The van der Waals surface area contributed by atoms with Crippen LogP contribution in [0.5, 0.6) is 0 Å². The predicted octanol–water partition coefficient (Wildman–Crippen LogP) is 1.49. The first-order valence-electron chi connectivity index (χ1n) is 7.73. The number of rotatable bonds is 6. The molecule has 1 aliphatic rings. The first-order chi connectivity index (χ1) is 11.3. The molecule has 0 spiro atoms. The van der Waals surface area contributed by atoms with Crippen LogP contribution < -0.4 is 4.72 Å². The first-order valence-corrected chi connectivity index (χ1v) is 9.39. The van der Waals surface area contributed by atoms with Crippen molar-refractivity contribution in [1.82, 2.24) is 14.5 Å². The summed E-state index contributed by atoms with van der Waals surface area (Å²) < 4.78 is 42.3. The lowest BCUT2D eigenvalue weighted by molar-refractivity contribution is 0.0280. The molecule has 1 aliphatic carbocycles. The molecule has 24 heavy (non-hydrogen) atoms. The molecule has 2 aromatic rings. The van der Waals surface area contributed by atoms with Crippen molar-refractivity contribution in [3.8, 4) is 0 Å². The van der Waals surface area contributed by atoms with Gasteiger partial charge in [-0.1, -0.05) is 12.1 Å². The van der Waals surface area contributed by atoms with Crippen molar-refractivity contribution in [2.45, 2.75) is 30.7 Å². The van der Waals surface area contributed by atoms with E-state index in [4.69, 9.17) is 0 Å². The summed E-state index contributed by atoms with van der Waals surface area (Å²) in [6.07, 6.45) is 4.14. The molecule has 6 nitrogen and oxygen atoms in total. The fourth-order valence-electron chi connectivity index (χ4n) is 2.97. The summed E-state index contributed by atoms with van der Waals surface area (Å²) in [5, 5.41) is 13.6. The molecule has 0 amide bonds. The highest BCUT2D eigenvalue weighted by molar-refractivity contribution is 7.88. The lowest BCUT2D eigenvalue weighted by Gasteiger charge is -2.37. The smallest absolute Gasteiger partial charge is 0.216 e. The Balaban J connectivity index is 1.77. The molecular weight excluding hydrogens is 333 g/mol. The Kier molecular flexibility index (Phi) is 4.71. The molecule has 2 N–H and O–H groups in total. The molecule has 1 aromatic carbocycles. The molecule has 1 saturated carbocycles. The minimum absolute atomic E-state index is 0.0344. The normalized spacial score (nSPS) is 22.1. The van der Waals surface area contributed by atoms with Crippen molar-refractivity contribution in [2.75, 3.05) is 0 Å². The van der Waals surface area contributed by atoms with Gasteiger partial charge in [-0.3, -0.25) is 4.68 Å². The zero-order valence-corrected chi connectivity index (χ0v) is 14.1. The lowest BCUT2D eigenvalue weighted by Crippen LogP contribution is -2.41. The van der Waals surface area contributed by atoms with E-state index in [1.807, 2.05) is 0 Å². The van der Waals surface area contributed by atoms with Crippen molar-refractivity contribution in [1.29, 1.82) is 0 Å². The monoisotopic (exact) mass is 353 g/mol.